The molecule has 7 heteroatoms. The molecule has 0 amide bonds. The molecule has 0 radical (unpaired) electrons. The average Bonchev–Trinajstić information content (AvgIpc) is 2.52. The Kier molecular flexibility index (Phi) is 8.65. The molecule has 0 bridgehead atoms. The molecule has 0 aliphatic rings. The van der Waals surface area contributed by atoms with Crippen LogP contribution in [0.1, 0.15) is 12.0 Å². The normalized spacial score (nSPS) is 11.6. The molecule has 1 rings (SSSR count). The summed E-state index contributed by atoms with van der Waals surface area (Å²) in [6.07, 6.45) is 2.78. The van der Waals surface area contributed by atoms with Crippen LogP contribution in [0.2, 0.25) is 0 Å². The van der Waals surface area contributed by atoms with E-state index >= 15 is 0 Å². The zero-order valence-corrected chi connectivity index (χ0v) is 13.2. The van der Waals surface area contributed by atoms with Gasteiger partial charge in [-0.3, -0.25) is 0 Å². The second-order valence-corrected chi connectivity index (χ2v) is 4.97. The van der Waals surface area contributed by atoms with Crippen LogP contribution in [-0.2, 0) is 9.47 Å². The highest BCUT2D eigenvalue weighted by Gasteiger charge is 2.13. The predicted molar refractivity (Wildman–Crippen MR) is 83.5 cm³/mol. The highest BCUT2D eigenvalue weighted by molar-refractivity contribution is 7.98. The average molecular weight is 314 g/mol. The first-order valence-electron chi connectivity index (χ1n) is 6.59. The highest BCUT2D eigenvalue weighted by atomic mass is 32.2. The maximum absolute atomic E-state index is 8.89. The topological polar surface area (TPSA) is 86.3 Å². The van der Waals surface area contributed by atoms with Crippen molar-refractivity contribution in [2.75, 3.05) is 39.8 Å². The van der Waals surface area contributed by atoms with Gasteiger partial charge in [0.1, 0.15) is 12.4 Å². The van der Waals surface area contributed by atoms with Crippen LogP contribution in [0, 0.1) is 0 Å². The minimum absolute atomic E-state index is 0.0379. The van der Waals surface area contributed by atoms with Crippen LogP contribution in [0.4, 0.5) is 0 Å². The molecule has 0 aliphatic carbocycles. The van der Waals surface area contributed by atoms with Gasteiger partial charge in [0.05, 0.1) is 12.2 Å². The fraction of sp³-hybridized carbons (Fsp3) is 0.500. The molecule has 1 aromatic rings. The van der Waals surface area contributed by atoms with Crippen molar-refractivity contribution in [3.05, 3.63) is 23.8 Å². The molecule has 0 atom stereocenters. The van der Waals surface area contributed by atoms with Gasteiger partial charge in [-0.1, -0.05) is 11.2 Å². The van der Waals surface area contributed by atoms with Gasteiger partial charge in [0.25, 0.3) is 0 Å². The molecule has 0 aliphatic heterocycles. The van der Waals surface area contributed by atoms with Crippen LogP contribution in [0.15, 0.2) is 28.3 Å². The predicted octanol–water partition coefficient (Wildman–Crippen LogP) is 1.93. The summed E-state index contributed by atoms with van der Waals surface area (Å²) < 4.78 is 16.0. The largest absolute Gasteiger partial charge is 0.490 e. The minimum Gasteiger partial charge on any atom is -0.490 e. The lowest BCUT2D eigenvalue weighted by Gasteiger charge is -2.13. The van der Waals surface area contributed by atoms with E-state index in [0.29, 0.717) is 37.7 Å². The molecule has 118 valence electrons. The molecule has 21 heavy (non-hydrogen) atoms. The molecule has 0 aromatic heterocycles. The first kappa shape index (κ1) is 17.6. The maximum atomic E-state index is 8.89. The van der Waals surface area contributed by atoms with Crippen LogP contribution in [0.3, 0.4) is 0 Å². The molecule has 0 spiro atoms. The third-order valence-corrected chi connectivity index (χ3v) is 3.47. The van der Waals surface area contributed by atoms with E-state index in [-0.39, 0.29) is 5.84 Å². The summed E-state index contributed by atoms with van der Waals surface area (Å²) in [5.74, 6) is 0.619. The van der Waals surface area contributed by atoms with Crippen molar-refractivity contribution in [2.24, 2.45) is 10.9 Å². The SMILES string of the molecule is COCCCOCCOc1cccc(SC)c1/C(N)=N/O. The quantitative estimate of drug-likeness (QED) is 0.171. The number of hydrogen-bond donors (Lipinski definition) is 2. The minimum atomic E-state index is 0.0379. The Morgan fingerprint density at radius 3 is 2.76 bits per heavy atom. The zero-order valence-electron chi connectivity index (χ0n) is 12.4. The van der Waals surface area contributed by atoms with Crippen molar-refractivity contribution in [3.8, 4) is 5.75 Å². The van der Waals surface area contributed by atoms with Gasteiger partial charge in [-0.05, 0) is 24.8 Å². The molecule has 0 saturated carbocycles. The third-order valence-electron chi connectivity index (χ3n) is 2.69. The van der Waals surface area contributed by atoms with E-state index in [2.05, 4.69) is 5.16 Å². The van der Waals surface area contributed by atoms with Crippen LogP contribution in [0.25, 0.3) is 0 Å². The molecular weight excluding hydrogens is 292 g/mol. The number of ether oxygens (including phenoxy) is 3. The van der Waals surface area contributed by atoms with Gasteiger partial charge in [0, 0.05) is 25.2 Å². The zero-order chi connectivity index (χ0) is 15.5. The summed E-state index contributed by atoms with van der Waals surface area (Å²) in [6.45, 7) is 2.19. The Morgan fingerprint density at radius 2 is 2.10 bits per heavy atom. The number of rotatable bonds is 10. The fourth-order valence-corrected chi connectivity index (χ4v) is 2.35. The van der Waals surface area contributed by atoms with Crippen molar-refractivity contribution in [1.29, 1.82) is 0 Å². The highest BCUT2D eigenvalue weighted by Crippen LogP contribution is 2.28. The summed E-state index contributed by atoms with van der Waals surface area (Å²) in [4.78, 5) is 0.892. The van der Waals surface area contributed by atoms with Gasteiger partial charge in [0.2, 0.25) is 0 Å². The van der Waals surface area contributed by atoms with Gasteiger partial charge < -0.3 is 25.2 Å². The molecule has 6 nitrogen and oxygen atoms in total. The van der Waals surface area contributed by atoms with E-state index in [4.69, 9.17) is 25.2 Å². The Bertz CT molecular complexity index is 455. The Hall–Kier alpha value is -1.44. The number of methoxy groups -OCH3 is 1. The van der Waals surface area contributed by atoms with E-state index in [1.165, 1.54) is 11.8 Å². The standard InChI is InChI=1S/C14H22N2O4S/c1-18-7-4-8-19-9-10-20-11-5-3-6-12(21-2)13(11)14(15)16-17/h3,5-6,17H,4,7-10H2,1-2H3,(H2,15,16). The molecule has 0 heterocycles. The van der Waals surface area contributed by atoms with Gasteiger partial charge in [-0.25, -0.2) is 0 Å². The number of oxime groups is 1. The van der Waals surface area contributed by atoms with Crippen molar-refractivity contribution in [3.63, 3.8) is 0 Å². The second-order valence-electron chi connectivity index (χ2n) is 4.13. The lowest BCUT2D eigenvalue weighted by atomic mass is 10.2. The lowest BCUT2D eigenvalue weighted by Crippen LogP contribution is -2.17. The number of nitrogens with zero attached hydrogens (tertiary/aromatic N) is 1. The summed E-state index contributed by atoms with van der Waals surface area (Å²) in [7, 11) is 1.66. The molecule has 1 aromatic carbocycles. The van der Waals surface area contributed by atoms with Crippen molar-refractivity contribution < 1.29 is 19.4 Å². The van der Waals surface area contributed by atoms with Crippen molar-refractivity contribution in [2.45, 2.75) is 11.3 Å². The molecule has 0 unspecified atom stereocenters. The second kappa shape index (κ2) is 10.3. The van der Waals surface area contributed by atoms with Gasteiger partial charge in [-0.15, -0.1) is 11.8 Å². The first-order chi connectivity index (χ1) is 10.2. The summed E-state index contributed by atoms with van der Waals surface area (Å²) in [6, 6.07) is 5.55. The van der Waals surface area contributed by atoms with E-state index in [0.717, 1.165) is 11.3 Å². The monoisotopic (exact) mass is 314 g/mol. The number of nitrogens with two attached hydrogens (primary N) is 1. The molecule has 0 saturated heterocycles. The number of amidine groups is 1. The summed E-state index contributed by atoms with van der Waals surface area (Å²) in [5.41, 5.74) is 6.32. The van der Waals surface area contributed by atoms with Crippen molar-refractivity contribution >= 4 is 17.6 Å². The van der Waals surface area contributed by atoms with Gasteiger partial charge in [0.15, 0.2) is 5.84 Å². The first-order valence-corrected chi connectivity index (χ1v) is 7.81. The Morgan fingerprint density at radius 1 is 1.29 bits per heavy atom. The van der Waals surface area contributed by atoms with Crippen LogP contribution in [-0.4, -0.2) is 50.8 Å². The number of hydrogen-bond acceptors (Lipinski definition) is 6. The number of thioether (sulfide) groups is 1. The van der Waals surface area contributed by atoms with E-state index in [1.807, 2.05) is 18.4 Å². The molecule has 3 N–H and O–H groups in total. The van der Waals surface area contributed by atoms with E-state index < -0.39 is 0 Å². The van der Waals surface area contributed by atoms with Crippen LogP contribution >= 0.6 is 11.8 Å². The summed E-state index contributed by atoms with van der Waals surface area (Å²) >= 11 is 1.51. The smallest absolute Gasteiger partial charge is 0.174 e. The molecule has 0 fully saturated rings. The van der Waals surface area contributed by atoms with E-state index in [9.17, 15) is 0 Å². The van der Waals surface area contributed by atoms with Gasteiger partial charge >= 0.3 is 0 Å². The van der Waals surface area contributed by atoms with Crippen LogP contribution < -0.4 is 10.5 Å². The van der Waals surface area contributed by atoms with Crippen LogP contribution in [0.5, 0.6) is 5.75 Å². The van der Waals surface area contributed by atoms with Crippen molar-refractivity contribution in [1.82, 2.24) is 0 Å². The lowest BCUT2D eigenvalue weighted by molar-refractivity contribution is 0.0805. The maximum Gasteiger partial charge on any atom is 0.174 e. The van der Waals surface area contributed by atoms with E-state index in [1.54, 1.807) is 13.2 Å². The fourth-order valence-electron chi connectivity index (χ4n) is 1.72. The van der Waals surface area contributed by atoms with Gasteiger partial charge in [-0.2, -0.15) is 0 Å². The summed E-state index contributed by atoms with van der Waals surface area (Å²) in [5, 5.41) is 11.9. The number of benzene rings is 1. The Balaban J connectivity index is 2.55. The third kappa shape index (κ3) is 5.82. The molecular formula is C14H22N2O4S. The Labute approximate surface area is 129 Å².